The maximum Gasteiger partial charge on any atom is 0.125 e. The van der Waals surface area contributed by atoms with E-state index in [0.717, 1.165) is 44.4 Å². The van der Waals surface area contributed by atoms with Crippen molar-refractivity contribution >= 4 is 47.8 Å². The average molecular weight is 457 g/mol. The summed E-state index contributed by atoms with van der Waals surface area (Å²) < 4.78 is 12.3. The highest BCUT2D eigenvalue weighted by Gasteiger charge is 2.07. The van der Waals surface area contributed by atoms with E-state index in [4.69, 9.17) is 9.47 Å². The smallest absolute Gasteiger partial charge is 0.125 e. The monoisotopic (exact) mass is 454 g/mol. The molecule has 0 aliphatic carbocycles. The van der Waals surface area contributed by atoms with Crippen molar-refractivity contribution in [2.45, 2.75) is 20.3 Å². The first kappa shape index (κ1) is 17.1. The topological polar surface area (TPSA) is 18.5 Å². The third-order valence-corrected chi connectivity index (χ3v) is 3.65. The Morgan fingerprint density at radius 1 is 1.16 bits per heavy atom. The van der Waals surface area contributed by atoms with Gasteiger partial charge in [-0.2, -0.15) is 0 Å². The third-order valence-electron chi connectivity index (χ3n) is 2.45. The van der Waals surface area contributed by atoms with Crippen molar-refractivity contribution in [1.29, 1.82) is 0 Å². The molecule has 0 bridgehead atoms. The molecule has 0 aromatic heterocycles. The highest BCUT2D eigenvalue weighted by molar-refractivity contribution is 9.28. The Bertz CT molecular complexity index is 417. The highest BCUT2D eigenvalue weighted by Crippen LogP contribution is 2.28. The fraction of sp³-hybridized carbons (Fsp3) is 0.429. The molecule has 1 aromatic carbocycles. The summed E-state index contributed by atoms with van der Waals surface area (Å²) in [5, 5.41) is 0.958. The van der Waals surface area contributed by atoms with Gasteiger partial charge in [0.1, 0.15) is 18.1 Å². The molecule has 0 aliphatic heterocycles. The molecule has 1 rings (SSSR count). The van der Waals surface area contributed by atoms with Crippen LogP contribution in [0.3, 0.4) is 0 Å². The van der Waals surface area contributed by atoms with Crippen LogP contribution in [0.4, 0.5) is 0 Å². The largest absolute Gasteiger partial charge is 0.493 e. The van der Waals surface area contributed by atoms with Gasteiger partial charge in [0.25, 0.3) is 0 Å². The van der Waals surface area contributed by atoms with Crippen molar-refractivity contribution in [2.24, 2.45) is 0 Å². The molecule has 19 heavy (non-hydrogen) atoms. The molecular formula is C14H17Br3O2. The van der Waals surface area contributed by atoms with E-state index in [9.17, 15) is 0 Å². The first-order chi connectivity index (χ1) is 9.04. The fourth-order valence-corrected chi connectivity index (χ4v) is 2.14. The molecule has 0 saturated heterocycles. The first-order valence-corrected chi connectivity index (χ1v) is 8.69. The van der Waals surface area contributed by atoms with Gasteiger partial charge in [-0.05, 0) is 81.5 Å². The summed E-state index contributed by atoms with van der Waals surface area (Å²) in [5.41, 5.74) is 2.21. The lowest BCUT2D eigenvalue weighted by Crippen LogP contribution is -2.02. The van der Waals surface area contributed by atoms with Gasteiger partial charge in [-0.15, -0.1) is 0 Å². The summed E-state index contributed by atoms with van der Waals surface area (Å²) in [5.74, 6) is 1.82. The van der Waals surface area contributed by atoms with E-state index in [1.165, 1.54) is 0 Å². The normalized spacial score (nSPS) is 10.2. The van der Waals surface area contributed by atoms with E-state index in [-0.39, 0.29) is 0 Å². The number of benzene rings is 1. The molecule has 0 unspecified atom stereocenters. The second kappa shape index (κ2) is 9.03. The Morgan fingerprint density at radius 2 is 1.79 bits per heavy atom. The van der Waals surface area contributed by atoms with Crippen molar-refractivity contribution in [1.82, 2.24) is 0 Å². The van der Waals surface area contributed by atoms with Gasteiger partial charge in [-0.25, -0.2) is 0 Å². The van der Waals surface area contributed by atoms with Crippen LogP contribution >= 0.6 is 47.8 Å². The molecule has 0 N–H and O–H groups in total. The second-order valence-electron chi connectivity index (χ2n) is 4.08. The highest BCUT2D eigenvalue weighted by atomic mass is 79.9. The Labute approximate surface area is 139 Å². The minimum atomic E-state index is 0.522. The fourth-order valence-electron chi connectivity index (χ4n) is 1.65. The zero-order valence-corrected chi connectivity index (χ0v) is 15.8. The summed E-state index contributed by atoms with van der Waals surface area (Å²) >= 11 is 9.99. The van der Waals surface area contributed by atoms with E-state index < -0.39 is 0 Å². The number of ether oxygens (including phenoxy) is 2. The Morgan fingerprint density at radius 3 is 2.32 bits per heavy atom. The zero-order chi connectivity index (χ0) is 14.3. The molecule has 106 valence electrons. The standard InChI is InChI=1S/C14H17Br3O2/c1-10-8-12(18-7-4-13(16)17)9-11(2)14(10)19-6-3-5-15/h4,8-9H,3,5-7H2,1-2H3. The summed E-state index contributed by atoms with van der Waals surface area (Å²) in [6.07, 6.45) is 2.91. The predicted octanol–water partition coefficient (Wildman–Crippen LogP) is 5.48. The van der Waals surface area contributed by atoms with Gasteiger partial charge < -0.3 is 9.47 Å². The first-order valence-electron chi connectivity index (χ1n) is 5.98. The number of halogens is 3. The van der Waals surface area contributed by atoms with Crippen molar-refractivity contribution in [3.63, 3.8) is 0 Å². The predicted molar refractivity (Wildman–Crippen MR) is 91.3 cm³/mol. The molecule has 0 heterocycles. The molecule has 1 aromatic rings. The maximum atomic E-state index is 5.79. The molecule has 2 nitrogen and oxygen atoms in total. The van der Waals surface area contributed by atoms with Gasteiger partial charge in [0, 0.05) is 5.33 Å². The van der Waals surface area contributed by atoms with Crippen molar-refractivity contribution < 1.29 is 9.47 Å². The van der Waals surface area contributed by atoms with Crippen LogP contribution in [0.15, 0.2) is 21.6 Å². The van der Waals surface area contributed by atoms with Gasteiger partial charge in [0.15, 0.2) is 0 Å². The Hall–Kier alpha value is -0.000000000000000167. The minimum absolute atomic E-state index is 0.522. The molecule has 0 aliphatic rings. The summed E-state index contributed by atoms with van der Waals surface area (Å²) in [6.45, 7) is 5.33. The molecule has 0 amide bonds. The van der Waals surface area contributed by atoms with Crippen LogP contribution in [0.25, 0.3) is 0 Å². The van der Waals surface area contributed by atoms with Crippen LogP contribution in [0.5, 0.6) is 11.5 Å². The van der Waals surface area contributed by atoms with Crippen LogP contribution < -0.4 is 9.47 Å². The number of hydrogen-bond acceptors (Lipinski definition) is 2. The molecule has 0 saturated carbocycles. The molecule has 0 atom stereocenters. The SMILES string of the molecule is Cc1cc(OCC=C(Br)Br)cc(C)c1OCCCBr. The van der Waals surface area contributed by atoms with Crippen molar-refractivity contribution in [3.8, 4) is 11.5 Å². The molecule has 0 spiro atoms. The molecule has 0 radical (unpaired) electrons. The van der Waals surface area contributed by atoms with Gasteiger partial charge in [-0.1, -0.05) is 15.9 Å². The minimum Gasteiger partial charge on any atom is -0.493 e. The lowest BCUT2D eigenvalue weighted by Gasteiger charge is -2.14. The number of hydrogen-bond donors (Lipinski definition) is 0. The molecular weight excluding hydrogens is 440 g/mol. The zero-order valence-electron chi connectivity index (χ0n) is 11.0. The third kappa shape index (κ3) is 6.32. The van der Waals surface area contributed by atoms with E-state index >= 15 is 0 Å². The van der Waals surface area contributed by atoms with E-state index in [0.29, 0.717) is 6.61 Å². The summed E-state index contributed by atoms with van der Waals surface area (Å²) in [7, 11) is 0. The van der Waals surface area contributed by atoms with Gasteiger partial charge in [0.05, 0.1) is 10.00 Å². The summed E-state index contributed by atoms with van der Waals surface area (Å²) in [4.78, 5) is 0. The molecule has 0 fully saturated rings. The maximum absolute atomic E-state index is 5.79. The lowest BCUT2D eigenvalue weighted by molar-refractivity contribution is 0.312. The number of alkyl halides is 1. The van der Waals surface area contributed by atoms with Crippen LogP contribution in [0, 0.1) is 13.8 Å². The van der Waals surface area contributed by atoms with Gasteiger partial charge in [0.2, 0.25) is 0 Å². The summed E-state index contributed by atoms with van der Waals surface area (Å²) in [6, 6.07) is 4.01. The van der Waals surface area contributed by atoms with Gasteiger partial charge in [-0.3, -0.25) is 0 Å². The van der Waals surface area contributed by atoms with Crippen LogP contribution in [-0.2, 0) is 0 Å². The number of rotatable bonds is 7. The quantitative estimate of drug-likeness (QED) is 0.399. The number of aryl methyl sites for hydroxylation is 2. The van der Waals surface area contributed by atoms with Crippen molar-refractivity contribution in [2.75, 3.05) is 18.5 Å². The van der Waals surface area contributed by atoms with E-state index in [2.05, 4.69) is 47.8 Å². The average Bonchev–Trinajstić information content (AvgIpc) is 2.32. The Kier molecular flexibility index (Phi) is 8.11. The molecule has 5 heteroatoms. The van der Waals surface area contributed by atoms with Crippen LogP contribution in [0.1, 0.15) is 17.5 Å². The second-order valence-corrected chi connectivity index (χ2v) is 7.65. The van der Waals surface area contributed by atoms with Crippen LogP contribution in [-0.4, -0.2) is 18.5 Å². The van der Waals surface area contributed by atoms with Gasteiger partial charge >= 0.3 is 0 Å². The lowest BCUT2D eigenvalue weighted by atomic mass is 10.1. The Balaban J connectivity index is 2.70. The van der Waals surface area contributed by atoms with Crippen molar-refractivity contribution in [3.05, 3.63) is 32.7 Å². The van der Waals surface area contributed by atoms with Crippen LogP contribution in [0.2, 0.25) is 0 Å². The van der Waals surface area contributed by atoms with E-state index in [1.807, 2.05) is 32.1 Å². The van der Waals surface area contributed by atoms with E-state index in [1.54, 1.807) is 0 Å².